The number of hydrogen-bond donors (Lipinski definition) is 2. The number of likely N-dealkylation sites (N-methyl/N-ethyl adjacent to an activating group) is 1. The molecule has 0 spiro atoms. The molecule has 0 atom stereocenters. The molecule has 9 heteroatoms. The number of nitrogens with zero attached hydrogens (tertiary/aromatic N) is 2. The molecule has 0 aromatic heterocycles. The first kappa shape index (κ1) is 22.4. The average Bonchev–Trinajstić information content (AvgIpc) is 2.67. The van der Waals surface area contributed by atoms with Crippen molar-refractivity contribution in [2.45, 2.75) is 38.1 Å². The molecule has 0 heterocycles. The number of thiocarbonyl (C=S) groups is 1. The van der Waals surface area contributed by atoms with Crippen LogP contribution in [0, 0.1) is 0 Å². The number of hydrazone groups is 1. The van der Waals surface area contributed by atoms with Gasteiger partial charge in [-0.3, -0.25) is 10.2 Å². The molecule has 0 unspecified atom stereocenters. The van der Waals surface area contributed by atoms with E-state index in [1.165, 1.54) is 24.2 Å². The predicted molar refractivity (Wildman–Crippen MR) is 118 cm³/mol. The van der Waals surface area contributed by atoms with Crippen LogP contribution >= 0.6 is 28.1 Å². The van der Waals surface area contributed by atoms with Crippen molar-refractivity contribution in [2.24, 2.45) is 5.10 Å². The Morgan fingerprint density at radius 3 is 2.71 bits per heavy atom. The minimum atomic E-state index is -0.136. The van der Waals surface area contributed by atoms with E-state index in [1.807, 2.05) is 6.07 Å². The van der Waals surface area contributed by atoms with Gasteiger partial charge < -0.3 is 19.7 Å². The van der Waals surface area contributed by atoms with Gasteiger partial charge in [0.05, 0.1) is 17.8 Å². The van der Waals surface area contributed by atoms with Crippen LogP contribution in [0.1, 0.15) is 37.7 Å². The zero-order chi connectivity index (χ0) is 20.5. The van der Waals surface area contributed by atoms with Crippen molar-refractivity contribution in [3.63, 3.8) is 0 Å². The van der Waals surface area contributed by atoms with Crippen LogP contribution in [0.15, 0.2) is 21.7 Å². The Labute approximate surface area is 180 Å². The number of methoxy groups -OCH3 is 1. The lowest BCUT2D eigenvalue weighted by Gasteiger charge is -2.23. The summed E-state index contributed by atoms with van der Waals surface area (Å²) < 4.78 is 11.7. The molecule has 1 aromatic rings. The van der Waals surface area contributed by atoms with Gasteiger partial charge in [0.2, 0.25) is 0 Å². The second-order valence-corrected chi connectivity index (χ2v) is 8.05. The van der Waals surface area contributed by atoms with E-state index < -0.39 is 0 Å². The molecule has 1 amide bonds. The van der Waals surface area contributed by atoms with Crippen molar-refractivity contribution in [3.8, 4) is 11.5 Å². The van der Waals surface area contributed by atoms with Crippen LogP contribution in [-0.4, -0.2) is 56.0 Å². The zero-order valence-corrected chi connectivity index (χ0v) is 18.9. The fraction of sp³-hybridized carbons (Fsp3) is 0.526. The van der Waals surface area contributed by atoms with Crippen LogP contribution in [-0.2, 0) is 4.79 Å². The van der Waals surface area contributed by atoms with E-state index in [0.717, 1.165) is 18.4 Å². The fourth-order valence-electron chi connectivity index (χ4n) is 2.85. The number of nitrogens with one attached hydrogen (secondary N) is 2. The molecule has 1 aromatic carbocycles. The Bertz CT molecular complexity index is 721. The highest BCUT2D eigenvalue weighted by atomic mass is 79.9. The van der Waals surface area contributed by atoms with Crippen molar-refractivity contribution in [1.29, 1.82) is 0 Å². The van der Waals surface area contributed by atoms with Gasteiger partial charge in [0.15, 0.2) is 23.2 Å². The SMILES string of the molecule is COc1cc(C=NNC(=S)NC2CCCCC2)cc(Br)c1OCC(=O)N(C)C. The van der Waals surface area contributed by atoms with Crippen LogP contribution in [0.25, 0.3) is 0 Å². The van der Waals surface area contributed by atoms with Gasteiger partial charge in [-0.1, -0.05) is 19.3 Å². The Morgan fingerprint density at radius 2 is 2.07 bits per heavy atom. The smallest absolute Gasteiger partial charge is 0.259 e. The van der Waals surface area contributed by atoms with Gasteiger partial charge in [-0.05, 0) is 58.7 Å². The minimum Gasteiger partial charge on any atom is -0.493 e. The lowest BCUT2D eigenvalue weighted by atomic mass is 9.96. The zero-order valence-electron chi connectivity index (χ0n) is 16.5. The highest BCUT2D eigenvalue weighted by Gasteiger charge is 2.15. The summed E-state index contributed by atoms with van der Waals surface area (Å²) >= 11 is 8.76. The summed E-state index contributed by atoms with van der Waals surface area (Å²) in [6.45, 7) is -0.0714. The molecule has 0 saturated heterocycles. The standard InChI is InChI=1S/C19H27BrN4O3S/c1-24(2)17(25)12-27-18-15(20)9-13(10-16(18)26-3)11-21-23-19(28)22-14-7-5-4-6-8-14/h9-11,14H,4-8,12H2,1-3H3,(H2,22,23,28). The number of halogens is 1. The summed E-state index contributed by atoms with van der Waals surface area (Å²) in [5.41, 5.74) is 3.65. The number of rotatable bonds is 7. The highest BCUT2D eigenvalue weighted by Crippen LogP contribution is 2.36. The summed E-state index contributed by atoms with van der Waals surface area (Å²) in [6, 6.07) is 4.04. The van der Waals surface area contributed by atoms with Gasteiger partial charge in [-0.25, -0.2) is 0 Å². The molecule has 2 N–H and O–H groups in total. The van der Waals surface area contributed by atoms with E-state index in [0.29, 0.717) is 27.1 Å². The molecule has 28 heavy (non-hydrogen) atoms. The molecule has 0 radical (unpaired) electrons. The predicted octanol–water partition coefficient (Wildman–Crippen LogP) is 3.06. The van der Waals surface area contributed by atoms with Crippen LogP contribution < -0.4 is 20.2 Å². The van der Waals surface area contributed by atoms with Crippen LogP contribution in [0.2, 0.25) is 0 Å². The van der Waals surface area contributed by atoms with Gasteiger partial charge in [-0.2, -0.15) is 5.10 Å². The highest BCUT2D eigenvalue weighted by molar-refractivity contribution is 9.10. The third-order valence-electron chi connectivity index (χ3n) is 4.41. The lowest BCUT2D eigenvalue weighted by Crippen LogP contribution is -2.40. The van der Waals surface area contributed by atoms with Crippen molar-refractivity contribution >= 4 is 45.4 Å². The minimum absolute atomic E-state index is 0.0714. The second kappa shape index (κ2) is 11.2. The van der Waals surface area contributed by atoms with Crippen molar-refractivity contribution in [2.75, 3.05) is 27.8 Å². The maximum atomic E-state index is 11.7. The Morgan fingerprint density at radius 1 is 1.36 bits per heavy atom. The summed E-state index contributed by atoms with van der Waals surface area (Å²) in [5.74, 6) is 0.838. The molecule has 0 bridgehead atoms. The summed E-state index contributed by atoms with van der Waals surface area (Å²) in [6.07, 6.45) is 7.73. The third kappa shape index (κ3) is 6.94. The number of benzene rings is 1. The monoisotopic (exact) mass is 470 g/mol. The van der Waals surface area contributed by atoms with Gasteiger partial charge >= 0.3 is 0 Å². The third-order valence-corrected chi connectivity index (χ3v) is 5.21. The quantitative estimate of drug-likeness (QED) is 0.362. The van der Waals surface area contributed by atoms with E-state index in [4.69, 9.17) is 21.7 Å². The molecule has 1 aliphatic rings. The van der Waals surface area contributed by atoms with Crippen molar-refractivity contribution in [1.82, 2.24) is 15.6 Å². The van der Waals surface area contributed by atoms with Crippen molar-refractivity contribution in [3.05, 3.63) is 22.2 Å². The van der Waals surface area contributed by atoms with Crippen LogP contribution in [0.3, 0.4) is 0 Å². The fourth-order valence-corrected chi connectivity index (χ4v) is 3.64. The van der Waals surface area contributed by atoms with E-state index in [2.05, 4.69) is 31.8 Å². The Hall–Kier alpha value is -1.87. The molecule has 7 nitrogen and oxygen atoms in total. The van der Waals surface area contributed by atoms with Gasteiger partial charge in [0, 0.05) is 20.1 Å². The first-order valence-electron chi connectivity index (χ1n) is 9.20. The van der Waals surface area contributed by atoms with Gasteiger partial charge in [0.25, 0.3) is 5.91 Å². The number of carbonyl (C=O) groups is 1. The molecular weight excluding hydrogens is 444 g/mol. The maximum Gasteiger partial charge on any atom is 0.259 e. The van der Waals surface area contributed by atoms with Crippen LogP contribution in [0.5, 0.6) is 11.5 Å². The largest absolute Gasteiger partial charge is 0.493 e. The summed E-state index contributed by atoms with van der Waals surface area (Å²) in [4.78, 5) is 13.2. The second-order valence-electron chi connectivity index (χ2n) is 6.79. The molecule has 154 valence electrons. The van der Waals surface area contributed by atoms with E-state index >= 15 is 0 Å². The molecule has 2 rings (SSSR count). The molecule has 1 aliphatic carbocycles. The molecule has 1 fully saturated rings. The van der Waals surface area contributed by atoms with E-state index in [1.54, 1.807) is 33.5 Å². The molecular formula is C19H27BrN4O3S. The first-order chi connectivity index (χ1) is 13.4. The average molecular weight is 471 g/mol. The Balaban J connectivity index is 1.95. The lowest BCUT2D eigenvalue weighted by molar-refractivity contribution is -0.130. The van der Waals surface area contributed by atoms with Crippen LogP contribution in [0.4, 0.5) is 0 Å². The summed E-state index contributed by atoms with van der Waals surface area (Å²) in [7, 11) is 4.90. The number of amides is 1. The normalized spacial score (nSPS) is 14.6. The van der Waals surface area contributed by atoms with Gasteiger partial charge in [0.1, 0.15) is 0 Å². The van der Waals surface area contributed by atoms with E-state index in [-0.39, 0.29) is 12.5 Å². The maximum absolute atomic E-state index is 11.7. The van der Waals surface area contributed by atoms with E-state index in [9.17, 15) is 4.79 Å². The number of hydrogen-bond acceptors (Lipinski definition) is 5. The first-order valence-corrected chi connectivity index (χ1v) is 10.4. The molecule has 0 aliphatic heterocycles. The summed E-state index contributed by atoms with van der Waals surface area (Å²) in [5, 5.41) is 8.02. The topological polar surface area (TPSA) is 75.2 Å². The Kier molecular flexibility index (Phi) is 8.98. The van der Waals surface area contributed by atoms with Gasteiger partial charge in [-0.15, -0.1) is 0 Å². The number of carbonyl (C=O) groups excluding carboxylic acids is 1. The molecule has 1 saturated carbocycles. The van der Waals surface area contributed by atoms with Crippen molar-refractivity contribution < 1.29 is 14.3 Å². The number of ether oxygens (including phenoxy) is 2.